The van der Waals surface area contributed by atoms with E-state index in [1.54, 1.807) is 17.8 Å². The van der Waals surface area contributed by atoms with Crippen LogP contribution < -0.4 is 0 Å². The zero-order valence-corrected chi connectivity index (χ0v) is 18.6. The van der Waals surface area contributed by atoms with Crippen molar-refractivity contribution >= 4 is 22.7 Å². The Kier molecular flexibility index (Phi) is 8.26. The van der Waals surface area contributed by atoms with Crippen LogP contribution in [-0.2, 0) is 9.53 Å². The lowest BCUT2D eigenvalue weighted by molar-refractivity contribution is -0.113. The Labute approximate surface area is 174 Å². The highest BCUT2D eigenvalue weighted by atomic mass is 32.2. The molecule has 0 N–H and O–H groups in total. The molecule has 1 aliphatic carbocycles. The maximum absolute atomic E-state index is 12.5. The van der Waals surface area contributed by atoms with E-state index in [1.807, 2.05) is 13.0 Å². The Balaban J connectivity index is 1.99. The molecule has 1 unspecified atom stereocenters. The molecule has 4 heteroatoms. The molecule has 0 spiro atoms. The molecule has 3 nitrogen and oxygen atoms in total. The Bertz CT molecular complexity index is 769. The lowest BCUT2D eigenvalue weighted by Gasteiger charge is -2.29. The standard InChI is InChI=1S/C24H33NO2S/c1-7-9-11-19-18(5)13-14-20(19)22-23(26)25-21(28-22)12-10-15-24(6,8-2)27-16-17(3)4/h7,9,11H,1,3,8,10,12-16H2,2,4-6H3/b11-9-,22-20-. The molecule has 0 bridgehead atoms. The van der Waals surface area contributed by atoms with E-state index in [0.717, 1.165) is 59.6 Å². The van der Waals surface area contributed by atoms with Gasteiger partial charge in [-0.3, -0.25) is 4.79 Å². The van der Waals surface area contributed by atoms with Crippen LogP contribution in [0.2, 0.25) is 0 Å². The van der Waals surface area contributed by atoms with Crippen LogP contribution in [0.1, 0.15) is 66.2 Å². The number of carbonyl (C=O) groups excluding carboxylic acids is 1. The largest absolute Gasteiger partial charge is 0.371 e. The summed E-state index contributed by atoms with van der Waals surface area (Å²) in [6, 6.07) is 0. The van der Waals surface area contributed by atoms with Gasteiger partial charge in [0.25, 0.3) is 5.91 Å². The first-order valence-corrected chi connectivity index (χ1v) is 10.9. The third-order valence-corrected chi connectivity index (χ3v) is 6.52. The first-order valence-electron chi connectivity index (χ1n) is 10.1. The van der Waals surface area contributed by atoms with Crippen molar-refractivity contribution in [2.24, 2.45) is 4.99 Å². The Hall–Kier alpha value is -1.65. The number of carbonyl (C=O) groups is 1. The first-order chi connectivity index (χ1) is 13.3. The van der Waals surface area contributed by atoms with Crippen molar-refractivity contribution in [1.82, 2.24) is 0 Å². The molecular weight excluding hydrogens is 366 g/mol. The van der Waals surface area contributed by atoms with Gasteiger partial charge in [-0.1, -0.05) is 61.2 Å². The van der Waals surface area contributed by atoms with Crippen molar-refractivity contribution in [3.63, 3.8) is 0 Å². The number of hydrogen-bond donors (Lipinski definition) is 0. The number of ether oxygens (including phenoxy) is 1. The maximum atomic E-state index is 12.5. The number of rotatable bonds is 10. The lowest BCUT2D eigenvalue weighted by atomic mass is 9.96. The molecule has 0 aromatic carbocycles. The number of aliphatic imine (C=N–C) groups is 1. The van der Waals surface area contributed by atoms with Crippen molar-refractivity contribution in [3.8, 4) is 0 Å². The lowest BCUT2D eigenvalue weighted by Crippen LogP contribution is -2.28. The summed E-state index contributed by atoms with van der Waals surface area (Å²) in [5.41, 5.74) is 4.54. The van der Waals surface area contributed by atoms with E-state index >= 15 is 0 Å². The van der Waals surface area contributed by atoms with Crippen LogP contribution >= 0.6 is 11.8 Å². The van der Waals surface area contributed by atoms with Gasteiger partial charge in [0.2, 0.25) is 0 Å². The molecule has 152 valence electrons. The molecule has 0 fully saturated rings. The number of thioether (sulfide) groups is 1. The van der Waals surface area contributed by atoms with Crippen molar-refractivity contribution < 1.29 is 9.53 Å². The Morgan fingerprint density at radius 2 is 2.14 bits per heavy atom. The summed E-state index contributed by atoms with van der Waals surface area (Å²) in [7, 11) is 0. The van der Waals surface area contributed by atoms with Gasteiger partial charge in [-0.05, 0) is 70.4 Å². The molecule has 1 amide bonds. The van der Waals surface area contributed by atoms with E-state index in [1.165, 1.54) is 11.1 Å². The van der Waals surface area contributed by atoms with Gasteiger partial charge in [-0.25, -0.2) is 4.99 Å². The van der Waals surface area contributed by atoms with Crippen LogP contribution in [0.3, 0.4) is 0 Å². The second kappa shape index (κ2) is 10.2. The normalized spacial score (nSPS) is 22.1. The van der Waals surface area contributed by atoms with Gasteiger partial charge in [-0.2, -0.15) is 0 Å². The molecule has 0 aromatic heterocycles. The summed E-state index contributed by atoms with van der Waals surface area (Å²) in [5.74, 6) is -0.0778. The molecule has 0 saturated heterocycles. The first kappa shape index (κ1) is 22.6. The molecule has 2 aliphatic rings. The van der Waals surface area contributed by atoms with Crippen LogP contribution in [0.15, 0.2) is 63.6 Å². The topological polar surface area (TPSA) is 38.7 Å². The molecular formula is C24H33NO2S. The minimum absolute atomic E-state index is 0.0778. The van der Waals surface area contributed by atoms with E-state index in [9.17, 15) is 4.79 Å². The highest BCUT2D eigenvalue weighted by Gasteiger charge is 2.29. The average Bonchev–Trinajstić information content (AvgIpc) is 3.20. The third kappa shape index (κ3) is 5.92. The fraction of sp³-hybridized carbons (Fsp3) is 0.500. The number of allylic oxidation sites excluding steroid dienone is 6. The summed E-state index contributed by atoms with van der Waals surface area (Å²) in [6.07, 6.45) is 11.4. The fourth-order valence-corrected chi connectivity index (χ4v) is 4.47. The van der Waals surface area contributed by atoms with Crippen LogP contribution in [0.4, 0.5) is 0 Å². The quantitative estimate of drug-likeness (QED) is 0.233. The zero-order valence-electron chi connectivity index (χ0n) is 17.8. The summed E-state index contributed by atoms with van der Waals surface area (Å²) in [6.45, 7) is 16.7. The van der Waals surface area contributed by atoms with Gasteiger partial charge in [-0.15, -0.1) is 0 Å². The van der Waals surface area contributed by atoms with Crippen molar-refractivity contribution in [1.29, 1.82) is 0 Å². The van der Waals surface area contributed by atoms with Crippen LogP contribution in [0.5, 0.6) is 0 Å². The Morgan fingerprint density at radius 1 is 1.39 bits per heavy atom. The highest BCUT2D eigenvalue weighted by molar-refractivity contribution is 8.18. The molecule has 1 aliphatic heterocycles. The number of amides is 1. The van der Waals surface area contributed by atoms with Gasteiger partial charge in [0, 0.05) is 0 Å². The highest BCUT2D eigenvalue weighted by Crippen LogP contribution is 2.41. The molecule has 0 radical (unpaired) electrons. The summed E-state index contributed by atoms with van der Waals surface area (Å²) in [5, 5.41) is 0.933. The molecule has 0 saturated carbocycles. The monoisotopic (exact) mass is 399 g/mol. The van der Waals surface area contributed by atoms with E-state index in [-0.39, 0.29) is 11.5 Å². The average molecular weight is 400 g/mol. The zero-order chi connectivity index (χ0) is 20.7. The number of nitrogens with zero attached hydrogens (tertiary/aromatic N) is 1. The van der Waals surface area contributed by atoms with E-state index in [4.69, 9.17) is 4.74 Å². The van der Waals surface area contributed by atoms with Crippen molar-refractivity contribution in [2.45, 2.75) is 71.8 Å². The number of hydrogen-bond acceptors (Lipinski definition) is 3. The van der Waals surface area contributed by atoms with Gasteiger partial charge in [0.05, 0.1) is 22.2 Å². The molecule has 1 atom stereocenters. The molecule has 1 heterocycles. The molecule has 28 heavy (non-hydrogen) atoms. The summed E-state index contributed by atoms with van der Waals surface area (Å²) in [4.78, 5) is 17.7. The predicted molar refractivity (Wildman–Crippen MR) is 122 cm³/mol. The second-order valence-corrected chi connectivity index (χ2v) is 9.00. The SMILES string of the molecule is C=C/C=C\C1=C(C)CC/C1=C1/SC(CCCC(C)(CC)OCC(=C)C)=NC1=O. The van der Waals surface area contributed by atoms with E-state index in [0.29, 0.717) is 6.61 Å². The second-order valence-electron chi connectivity index (χ2n) is 7.91. The van der Waals surface area contributed by atoms with Gasteiger partial charge in [0.15, 0.2) is 0 Å². The van der Waals surface area contributed by atoms with Crippen LogP contribution in [-0.4, -0.2) is 23.2 Å². The van der Waals surface area contributed by atoms with Crippen molar-refractivity contribution in [2.75, 3.05) is 6.61 Å². The fourth-order valence-electron chi connectivity index (χ4n) is 3.39. The van der Waals surface area contributed by atoms with E-state index < -0.39 is 0 Å². The minimum Gasteiger partial charge on any atom is -0.371 e. The summed E-state index contributed by atoms with van der Waals surface area (Å²) >= 11 is 1.56. The Morgan fingerprint density at radius 3 is 2.79 bits per heavy atom. The van der Waals surface area contributed by atoms with Crippen LogP contribution in [0.25, 0.3) is 0 Å². The third-order valence-electron chi connectivity index (χ3n) is 5.36. The molecule has 0 aromatic rings. The van der Waals surface area contributed by atoms with Gasteiger partial charge >= 0.3 is 0 Å². The maximum Gasteiger partial charge on any atom is 0.284 e. The van der Waals surface area contributed by atoms with E-state index in [2.05, 4.69) is 45.0 Å². The summed E-state index contributed by atoms with van der Waals surface area (Å²) < 4.78 is 6.05. The molecule has 2 rings (SSSR count). The smallest absolute Gasteiger partial charge is 0.284 e. The van der Waals surface area contributed by atoms with Crippen molar-refractivity contribution in [3.05, 3.63) is 58.6 Å². The minimum atomic E-state index is -0.151. The van der Waals surface area contributed by atoms with Gasteiger partial charge < -0.3 is 4.74 Å². The van der Waals surface area contributed by atoms with Crippen LogP contribution in [0, 0.1) is 0 Å². The predicted octanol–water partition coefficient (Wildman–Crippen LogP) is 6.70. The van der Waals surface area contributed by atoms with Gasteiger partial charge in [0.1, 0.15) is 0 Å².